The Hall–Kier alpha value is -2.53. The Labute approximate surface area is 128 Å². The number of rotatable bonds is 5. The summed E-state index contributed by atoms with van der Waals surface area (Å²) >= 11 is 0. The maximum Gasteiger partial charge on any atom is 0.251 e. The van der Waals surface area contributed by atoms with Crippen LogP contribution in [0.1, 0.15) is 21.5 Å². The normalized spacial score (nSPS) is 12.2. The molecule has 0 aliphatic carbocycles. The minimum absolute atomic E-state index is 0.115. The van der Waals surface area contributed by atoms with Crippen molar-refractivity contribution >= 4 is 5.91 Å². The zero-order valence-corrected chi connectivity index (χ0v) is 12.3. The predicted molar refractivity (Wildman–Crippen MR) is 80.9 cm³/mol. The van der Waals surface area contributed by atoms with Gasteiger partial charge in [0, 0.05) is 19.2 Å². The van der Waals surface area contributed by atoms with E-state index < -0.39 is 0 Å². The molecule has 3 rings (SSSR count). The van der Waals surface area contributed by atoms with Gasteiger partial charge in [-0.15, -0.1) is 0 Å². The van der Waals surface area contributed by atoms with Crippen LogP contribution < -0.4 is 14.8 Å². The van der Waals surface area contributed by atoms with E-state index in [1.807, 2.05) is 36.4 Å². The van der Waals surface area contributed by atoms with E-state index in [1.165, 1.54) is 0 Å². The second-order valence-electron chi connectivity index (χ2n) is 5.00. The van der Waals surface area contributed by atoms with Crippen LogP contribution in [-0.4, -0.2) is 19.8 Å². The van der Waals surface area contributed by atoms with Crippen molar-refractivity contribution in [1.82, 2.24) is 5.32 Å². The number of benzene rings is 2. The van der Waals surface area contributed by atoms with Crippen LogP contribution in [0.4, 0.5) is 0 Å². The first kappa shape index (κ1) is 14.4. The van der Waals surface area contributed by atoms with Crippen LogP contribution in [0, 0.1) is 0 Å². The number of carbonyl (C=O) groups is 1. The zero-order valence-electron chi connectivity index (χ0n) is 12.3. The Kier molecular flexibility index (Phi) is 4.25. The second kappa shape index (κ2) is 6.49. The molecule has 5 heteroatoms. The van der Waals surface area contributed by atoms with Crippen molar-refractivity contribution in [1.29, 1.82) is 0 Å². The van der Waals surface area contributed by atoms with Crippen molar-refractivity contribution in [2.75, 3.05) is 13.9 Å². The first-order chi connectivity index (χ1) is 10.8. The Bertz CT molecular complexity index is 684. The topological polar surface area (TPSA) is 56.8 Å². The van der Waals surface area contributed by atoms with Gasteiger partial charge in [-0.3, -0.25) is 4.79 Å². The van der Waals surface area contributed by atoms with Gasteiger partial charge >= 0.3 is 0 Å². The van der Waals surface area contributed by atoms with E-state index in [4.69, 9.17) is 14.2 Å². The second-order valence-corrected chi connectivity index (χ2v) is 5.00. The molecule has 0 spiro atoms. The molecular formula is C17H17NO4. The molecule has 2 aromatic rings. The number of ether oxygens (including phenoxy) is 3. The molecule has 1 aliphatic heterocycles. The molecule has 0 bridgehead atoms. The summed E-state index contributed by atoms with van der Waals surface area (Å²) in [6, 6.07) is 13.0. The van der Waals surface area contributed by atoms with Gasteiger partial charge in [0.2, 0.25) is 6.79 Å². The van der Waals surface area contributed by atoms with Crippen LogP contribution in [0.3, 0.4) is 0 Å². The molecule has 0 fully saturated rings. The summed E-state index contributed by atoms with van der Waals surface area (Å²) in [6.07, 6.45) is 0. The molecule has 1 heterocycles. The van der Waals surface area contributed by atoms with Crippen LogP contribution in [0.25, 0.3) is 0 Å². The Balaban J connectivity index is 1.63. The van der Waals surface area contributed by atoms with Crippen LogP contribution in [-0.2, 0) is 17.9 Å². The standard InChI is InChI=1S/C17H17NO4/c1-20-10-13-3-2-4-14(7-13)17(19)18-9-12-5-6-15-16(8-12)22-11-21-15/h2-8H,9-11H2,1H3,(H,18,19). The number of amides is 1. The summed E-state index contributed by atoms with van der Waals surface area (Å²) in [5.41, 5.74) is 2.55. The molecule has 2 aromatic carbocycles. The third-order valence-corrected chi connectivity index (χ3v) is 3.39. The molecule has 0 saturated heterocycles. The summed E-state index contributed by atoms with van der Waals surface area (Å²) in [5, 5.41) is 2.90. The van der Waals surface area contributed by atoms with Gasteiger partial charge in [-0.25, -0.2) is 0 Å². The van der Waals surface area contributed by atoms with Crippen LogP contribution in [0.5, 0.6) is 11.5 Å². The predicted octanol–water partition coefficient (Wildman–Crippen LogP) is 2.49. The Morgan fingerprint density at radius 3 is 2.86 bits per heavy atom. The molecule has 1 aliphatic rings. The van der Waals surface area contributed by atoms with E-state index in [0.29, 0.717) is 24.5 Å². The molecular weight excluding hydrogens is 282 g/mol. The number of nitrogens with one attached hydrogen (secondary N) is 1. The molecule has 5 nitrogen and oxygen atoms in total. The van der Waals surface area contributed by atoms with E-state index in [-0.39, 0.29) is 12.7 Å². The lowest BCUT2D eigenvalue weighted by atomic mass is 10.1. The molecule has 1 N–H and O–H groups in total. The lowest BCUT2D eigenvalue weighted by molar-refractivity contribution is 0.0950. The third kappa shape index (κ3) is 3.20. The van der Waals surface area contributed by atoms with Crippen molar-refractivity contribution in [2.24, 2.45) is 0 Å². The molecule has 22 heavy (non-hydrogen) atoms. The number of carbonyl (C=O) groups excluding carboxylic acids is 1. The summed E-state index contributed by atoms with van der Waals surface area (Å²) < 4.78 is 15.7. The molecule has 0 saturated carbocycles. The van der Waals surface area contributed by atoms with E-state index in [9.17, 15) is 4.79 Å². The quantitative estimate of drug-likeness (QED) is 0.921. The van der Waals surface area contributed by atoms with Crippen molar-refractivity contribution < 1.29 is 19.0 Å². The Morgan fingerprint density at radius 1 is 1.14 bits per heavy atom. The zero-order chi connectivity index (χ0) is 15.4. The Morgan fingerprint density at radius 2 is 2.00 bits per heavy atom. The number of methoxy groups -OCH3 is 1. The molecule has 0 radical (unpaired) electrons. The summed E-state index contributed by atoms with van der Waals surface area (Å²) in [7, 11) is 1.63. The van der Waals surface area contributed by atoms with Gasteiger partial charge in [-0.05, 0) is 35.4 Å². The first-order valence-corrected chi connectivity index (χ1v) is 7.01. The molecule has 1 amide bonds. The van der Waals surface area contributed by atoms with Crippen LogP contribution >= 0.6 is 0 Å². The summed E-state index contributed by atoms with van der Waals surface area (Å²) in [4.78, 5) is 12.2. The number of fused-ring (bicyclic) bond motifs is 1. The average molecular weight is 299 g/mol. The lowest BCUT2D eigenvalue weighted by Gasteiger charge is -2.07. The van der Waals surface area contributed by atoms with Crippen molar-refractivity contribution in [2.45, 2.75) is 13.2 Å². The highest BCUT2D eigenvalue weighted by atomic mass is 16.7. The fourth-order valence-corrected chi connectivity index (χ4v) is 2.30. The molecule has 0 aromatic heterocycles. The highest BCUT2D eigenvalue weighted by molar-refractivity contribution is 5.94. The number of hydrogen-bond acceptors (Lipinski definition) is 4. The van der Waals surface area contributed by atoms with Crippen LogP contribution in [0.2, 0.25) is 0 Å². The SMILES string of the molecule is COCc1cccc(C(=O)NCc2ccc3c(c2)OCO3)c1. The van der Waals surface area contributed by atoms with Gasteiger partial charge in [0.05, 0.1) is 6.61 Å². The number of hydrogen-bond donors (Lipinski definition) is 1. The highest BCUT2D eigenvalue weighted by Crippen LogP contribution is 2.32. The van der Waals surface area contributed by atoms with Crippen molar-refractivity contribution in [3.8, 4) is 11.5 Å². The van der Waals surface area contributed by atoms with Gasteiger partial charge < -0.3 is 19.5 Å². The molecule has 0 atom stereocenters. The lowest BCUT2D eigenvalue weighted by Crippen LogP contribution is -2.22. The first-order valence-electron chi connectivity index (χ1n) is 7.01. The molecule has 114 valence electrons. The fraction of sp³-hybridized carbons (Fsp3) is 0.235. The smallest absolute Gasteiger partial charge is 0.251 e. The van der Waals surface area contributed by atoms with Crippen LogP contribution in [0.15, 0.2) is 42.5 Å². The highest BCUT2D eigenvalue weighted by Gasteiger charge is 2.13. The summed E-state index contributed by atoms with van der Waals surface area (Å²) in [5.74, 6) is 1.34. The van der Waals surface area contributed by atoms with E-state index in [2.05, 4.69) is 5.32 Å². The van der Waals surface area contributed by atoms with Gasteiger partial charge in [0.1, 0.15) is 0 Å². The van der Waals surface area contributed by atoms with Gasteiger partial charge in [0.25, 0.3) is 5.91 Å². The maximum absolute atomic E-state index is 12.2. The summed E-state index contributed by atoms with van der Waals surface area (Å²) in [6.45, 7) is 1.17. The minimum atomic E-state index is -0.115. The third-order valence-electron chi connectivity index (χ3n) is 3.39. The van der Waals surface area contributed by atoms with Gasteiger partial charge in [-0.2, -0.15) is 0 Å². The molecule has 0 unspecified atom stereocenters. The van der Waals surface area contributed by atoms with Gasteiger partial charge in [-0.1, -0.05) is 18.2 Å². The largest absolute Gasteiger partial charge is 0.454 e. The van der Waals surface area contributed by atoms with Crippen molar-refractivity contribution in [3.63, 3.8) is 0 Å². The monoisotopic (exact) mass is 299 g/mol. The average Bonchev–Trinajstić information content (AvgIpc) is 3.01. The maximum atomic E-state index is 12.2. The van der Waals surface area contributed by atoms with Gasteiger partial charge in [0.15, 0.2) is 11.5 Å². The van der Waals surface area contributed by atoms with E-state index in [0.717, 1.165) is 16.9 Å². The van der Waals surface area contributed by atoms with E-state index >= 15 is 0 Å². The van der Waals surface area contributed by atoms with E-state index in [1.54, 1.807) is 13.2 Å². The minimum Gasteiger partial charge on any atom is -0.454 e. The van der Waals surface area contributed by atoms with Crippen molar-refractivity contribution in [3.05, 3.63) is 59.2 Å². The fourth-order valence-electron chi connectivity index (χ4n) is 2.30.